The summed E-state index contributed by atoms with van der Waals surface area (Å²) in [5, 5.41) is 7.63. The van der Waals surface area contributed by atoms with Gasteiger partial charge in [-0.2, -0.15) is 5.10 Å². The first-order valence-electron chi connectivity index (χ1n) is 9.79. The van der Waals surface area contributed by atoms with Gasteiger partial charge in [-0.05, 0) is 82.3 Å². The third kappa shape index (κ3) is 3.83. The summed E-state index contributed by atoms with van der Waals surface area (Å²) in [6, 6.07) is 10.1. The highest BCUT2D eigenvalue weighted by atomic mass is 16.2. The third-order valence-electron chi connectivity index (χ3n) is 5.49. The van der Waals surface area contributed by atoms with Crippen LogP contribution in [-0.4, -0.2) is 39.7 Å². The molecule has 2 aromatic rings. The first-order valence-corrected chi connectivity index (χ1v) is 9.79. The van der Waals surface area contributed by atoms with Gasteiger partial charge in [-0.25, -0.2) is 4.68 Å². The second-order valence-electron chi connectivity index (χ2n) is 7.82. The maximum Gasteiger partial charge on any atom is 0.241 e. The minimum Gasteiger partial charge on any atom is -0.325 e. The summed E-state index contributed by atoms with van der Waals surface area (Å²) < 4.78 is 1.93. The van der Waals surface area contributed by atoms with Crippen molar-refractivity contribution in [2.45, 2.75) is 52.0 Å². The highest BCUT2D eigenvalue weighted by molar-refractivity contribution is 5.95. The number of aromatic nitrogens is 2. The van der Waals surface area contributed by atoms with Crippen LogP contribution >= 0.6 is 0 Å². The number of benzene rings is 1. The van der Waals surface area contributed by atoms with E-state index in [0.29, 0.717) is 0 Å². The van der Waals surface area contributed by atoms with Gasteiger partial charge in [0.15, 0.2) is 0 Å². The molecule has 4 rings (SSSR count). The van der Waals surface area contributed by atoms with E-state index >= 15 is 0 Å². The highest BCUT2D eigenvalue weighted by Gasteiger charge is 2.33. The van der Waals surface area contributed by atoms with E-state index in [9.17, 15) is 4.79 Å². The molecule has 0 radical (unpaired) electrons. The minimum atomic E-state index is 0.0278. The van der Waals surface area contributed by atoms with Crippen molar-refractivity contribution in [3.8, 4) is 5.69 Å². The lowest BCUT2D eigenvalue weighted by molar-refractivity contribution is -0.122. The third-order valence-corrected chi connectivity index (χ3v) is 5.49. The number of hydrogen-bond acceptors (Lipinski definition) is 3. The molecule has 26 heavy (non-hydrogen) atoms. The van der Waals surface area contributed by atoms with Crippen LogP contribution in [0, 0.1) is 19.8 Å². The molecule has 1 saturated carbocycles. The summed E-state index contributed by atoms with van der Waals surface area (Å²) in [7, 11) is 0. The smallest absolute Gasteiger partial charge is 0.241 e. The summed E-state index contributed by atoms with van der Waals surface area (Å²) >= 11 is 0. The molecule has 0 bridgehead atoms. The second kappa shape index (κ2) is 7.23. The number of carbonyl (C=O) groups excluding carboxylic acids is 1. The van der Waals surface area contributed by atoms with Crippen molar-refractivity contribution in [3.63, 3.8) is 0 Å². The average Bonchev–Trinajstić information content (AvgIpc) is 3.38. The van der Waals surface area contributed by atoms with E-state index in [0.717, 1.165) is 54.6 Å². The van der Waals surface area contributed by atoms with Crippen LogP contribution in [0.4, 0.5) is 5.69 Å². The molecule has 1 aromatic heterocycles. The molecule has 0 unspecified atom stereocenters. The topological polar surface area (TPSA) is 50.2 Å². The predicted octanol–water partition coefficient (Wildman–Crippen LogP) is 3.69. The number of amides is 1. The summed E-state index contributed by atoms with van der Waals surface area (Å²) in [6.07, 6.45) is 6.00. The Morgan fingerprint density at radius 2 is 1.92 bits per heavy atom. The summed E-state index contributed by atoms with van der Waals surface area (Å²) in [4.78, 5) is 15.2. The summed E-state index contributed by atoms with van der Waals surface area (Å²) in [5.74, 6) is 0.965. The van der Waals surface area contributed by atoms with Crippen molar-refractivity contribution >= 4 is 11.6 Å². The minimum absolute atomic E-state index is 0.0278. The average molecular weight is 352 g/mol. The van der Waals surface area contributed by atoms with E-state index in [-0.39, 0.29) is 11.9 Å². The number of rotatable bonds is 5. The lowest BCUT2D eigenvalue weighted by Gasteiger charge is -2.34. The number of likely N-dealkylation sites (tertiary alicyclic amines) is 1. The fourth-order valence-corrected chi connectivity index (χ4v) is 3.94. The number of anilines is 1. The van der Waals surface area contributed by atoms with Crippen molar-refractivity contribution in [1.82, 2.24) is 14.7 Å². The Hall–Kier alpha value is -2.14. The Morgan fingerprint density at radius 3 is 2.58 bits per heavy atom. The Bertz CT molecular complexity index is 776. The standard InChI is InChI=1S/C21H28N4O/c1-15-13-16(2)25(23-15)19-10-8-18(9-11-19)22-21(26)20-5-3-4-12-24(20)14-17-6-7-17/h8-11,13,17,20H,3-7,12,14H2,1-2H3,(H,22,26)/t20-/m0/s1. The van der Waals surface area contributed by atoms with E-state index in [2.05, 4.69) is 21.4 Å². The molecule has 1 atom stereocenters. The first-order chi connectivity index (χ1) is 12.6. The zero-order valence-electron chi connectivity index (χ0n) is 15.7. The fraction of sp³-hybridized carbons (Fsp3) is 0.524. The number of hydrogen-bond donors (Lipinski definition) is 1. The number of aryl methyl sites for hydroxylation is 2. The van der Waals surface area contributed by atoms with E-state index in [1.165, 1.54) is 19.3 Å². The molecule has 2 heterocycles. The van der Waals surface area contributed by atoms with Crippen molar-refractivity contribution in [2.75, 3.05) is 18.4 Å². The number of piperidine rings is 1. The van der Waals surface area contributed by atoms with Gasteiger partial charge >= 0.3 is 0 Å². The molecule has 0 spiro atoms. The molecule has 1 aliphatic heterocycles. The molecule has 1 N–H and O–H groups in total. The molecule has 1 aromatic carbocycles. The zero-order chi connectivity index (χ0) is 18.1. The van der Waals surface area contributed by atoms with E-state index in [1.54, 1.807) is 0 Å². The maximum atomic E-state index is 12.8. The van der Waals surface area contributed by atoms with Crippen LogP contribution in [0.5, 0.6) is 0 Å². The molecule has 138 valence electrons. The van der Waals surface area contributed by atoms with Crippen molar-refractivity contribution in [2.24, 2.45) is 5.92 Å². The van der Waals surface area contributed by atoms with Crippen LogP contribution in [0.25, 0.3) is 5.69 Å². The van der Waals surface area contributed by atoms with Gasteiger partial charge in [-0.15, -0.1) is 0 Å². The molecule has 1 amide bonds. The van der Waals surface area contributed by atoms with Gasteiger partial charge in [0.25, 0.3) is 0 Å². The molecule has 2 aliphatic rings. The van der Waals surface area contributed by atoms with Crippen LogP contribution in [0.15, 0.2) is 30.3 Å². The van der Waals surface area contributed by atoms with Gasteiger partial charge in [0.1, 0.15) is 0 Å². The molecule has 5 nitrogen and oxygen atoms in total. The van der Waals surface area contributed by atoms with Gasteiger partial charge in [-0.3, -0.25) is 9.69 Å². The molecular formula is C21H28N4O. The Labute approximate surface area is 155 Å². The van der Waals surface area contributed by atoms with Crippen molar-refractivity contribution < 1.29 is 4.79 Å². The Kier molecular flexibility index (Phi) is 4.81. The second-order valence-corrected chi connectivity index (χ2v) is 7.82. The molecule has 2 fully saturated rings. The van der Waals surface area contributed by atoms with E-state index in [4.69, 9.17) is 0 Å². The van der Waals surface area contributed by atoms with Crippen LogP contribution in [0.1, 0.15) is 43.5 Å². The number of carbonyl (C=O) groups is 1. The monoisotopic (exact) mass is 352 g/mol. The van der Waals surface area contributed by atoms with Crippen LogP contribution in [-0.2, 0) is 4.79 Å². The van der Waals surface area contributed by atoms with Gasteiger partial charge in [0.2, 0.25) is 5.91 Å². The Balaban J connectivity index is 1.42. The zero-order valence-corrected chi connectivity index (χ0v) is 15.7. The molecule has 1 aliphatic carbocycles. The quantitative estimate of drug-likeness (QED) is 0.893. The maximum absolute atomic E-state index is 12.8. The lowest BCUT2D eigenvalue weighted by Crippen LogP contribution is -2.47. The van der Waals surface area contributed by atoms with Gasteiger partial charge < -0.3 is 5.32 Å². The lowest BCUT2D eigenvalue weighted by atomic mass is 10.0. The molecule has 5 heteroatoms. The Morgan fingerprint density at radius 1 is 1.15 bits per heavy atom. The normalized spacial score (nSPS) is 20.9. The number of nitrogens with zero attached hydrogens (tertiary/aromatic N) is 3. The first kappa shape index (κ1) is 17.3. The van der Waals surface area contributed by atoms with Crippen LogP contribution < -0.4 is 5.32 Å². The van der Waals surface area contributed by atoms with Crippen LogP contribution in [0.3, 0.4) is 0 Å². The number of nitrogens with one attached hydrogen (secondary N) is 1. The largest absolute Gasteiger partial charge is 0.325 e. The molecule has 1 saturated heterocycles. The van der Waals surface area contributed by atoms with Crippen LogP contribution in [0.2, 0.25) is 0 Å². The van der Waals surface area contributed by atoms with E-state index in [1.807, 2.05) is 42.8 Å². The van der Waals surface area contributed by atoms with Crippen molar-refractivity contribution in [1.29, 1.82) is 0 Å². The highest BCUT2D eigenvalue weighted by Crippen LogP contribution is 2.32. The van der Waals surface area contributed by atoms with Gasteiger partial charge in [-0.1, -0.05) is 6.42 Å². The van der Waals surface area contributed by atoms with E-state index < -0.39 is 0 Å². The SMILES string of the molecule is Cc1cc(C)n(-c2ccc(NC(=O)[C@@H]3CCCCN3CC3CC3)cc2)n1. The van der Waals surface area contributed by atoms with Crippen molar-refractivity contribution in [3.05, 3.63) is 41.7 Å². The summed E-state index contributed by atoms with van der Waals surface area (Å²) in [6.45, 7) is 6.20. The predicted molar refractivity (Wildman–Crippen MR) is 104 cm³/mol. The van der Waals surface area contributed by atoms with Gasteiger partial charge in [0.05, 0.1) is 17.4 Å². The van der Waals surface area contributed by atoms with Gasteiger partial charge in [0, 0.05) is 17.9 Å². The summed E-state index contributed by atoms with van der Waals surface area (Å²) in [5.41, 5.74) is 3.99. The molecular weight excluding hydrogens is 324 g/mol. The fourth-order valence-electron chi connectivity index (χ4n) is 3.94.